The SMILES string of the molecule is O=C([C@@H]1COc2cc(S(=O)(=O)Nc3ccccc3)ccc2O1)N1CCOCC1. The standard InChI is InChI=1S/C19H20N2O6S/c22-19(21-8-10-25-11-9-21)18-13-26-17-12-15(6-7-16(17)27-18)28(23,24)20-14-4-2-1-3-5-14/h1-7,12,18,20H,8-11,13H2/t18-/m0/s1. The van der Waals surface area contributed by atoms with Crippen LogP contribution in [0.15, 0.2) is 53.4 Å². The maximum absolute atomic E-state index is 12.6. The van der Waals surface area contributed by atoms with Gasteiger partial charge in [-0.15, -0.1) is 0 Å². The van der Waals surface area contributed by atoms with Gasteiger partial charge in [0.25, 0.3) is 15.9 Å². The van der Waals surface area contributed by atoms with E-state index in [0.29, 0.717) is 43.5 Å². The van der Waals surface area contributed by atoms with Crippen molar-refractivity contribution in [2.75, 3.05) is 37.6 Å². The minimum atomic E-state index is -3.77. The minimum Gasteiger partial charge on any atom is -0.485 e. The van der Waals surface area contributed by atoms with Gasteiger partial charge in [0.1, 0.15) is 6.61 Å². The van der Waals surface area contributed by atoms with Crippen LogP contribution in [-0.4, -0.2) is 58.2 Å². The van der Waals surface area contributed by atoms with Gasteiger partial charge in [-0.25, -0.2) is 8.42 Å². The molecular formula is C19H20N2O6S. The number of carbonyl (C=O) groups is 1. The molecule has 148 valence electrons. The first-order valence-corrected chi connectivity index (χ1v) is 10.4. The van der Waals surface area contributed by atoms with Gasteiger partial charge in [0.2, 0.25) is 6.10 Å². The van der Waals surface area contributed by atoms with Gasteiger partial charge in [-0.3, -0.25) is 9.52 Å². The number of nitrogens with one attached hydrogen (secondary N) is 1. The molecule has 0 unspecified atom stereocenters. The minimum absolute atomic E-state index is 0.0266. The molecule has 1 atom stereocenters. The summed E-state index contributed by atoms with van der Waals surface area (Å²) in [5, 5.41) is 0. The second-order valence-electron chi connectivity index (χ2n) is 6.44. The van der Waals surface area contributed by atoms with Gasteiger partial charge in [0.15, 0.2) is 11.5 Å². The van der Waals surface area contributed by atoms with Gasteiger partial charge in [0.05, 0.1) is 18.1 Å². The molecule has 1 amide bonds. The van der Waals surface area contributed by atoms with Crippen LogP contribution >= 0.6 is 0 Å². The summed E-state index contributed by atoms with van der Waals surface area (Å²) >= 11 is 0. The number of hydrogen-bond acceptors (Lipinski definition) is 6. The topological polar surface area (TPSA) is 94.2 Å². The summed E-state index contributed by atoms with van der Waals surface area (Å²) in [4.78, 5) is 14.3. The number of benzene rings is 2. The van der Waals surface area contributed by atoms with E-state index in [0.717, 1.165) is 0 Å². The highest BCUT2D eigenvalue weighted by atomic mass is 32.2. The Kier molecular flexibility index (Phi) is 5.10. The molecule has 28 heavy (non-hydrogen) atoms. The van der Waals surface area contributed by atoms with Crippen LogP contribution in [0, 0.1) is 0 Å². The molecule has 0 radical (unpaired) electrons. The van der Waals surface area contributed by atoms with E-state index in [2.05, 4.69) is 4.72 Å². The number of sulfonamides is 1. The molecule has 0 aromatic heterocycles. The van der Waals surface area contributed by atoms with E-state index in [1.807, 2.05) is 0 Å². The Balaban J connectivity index is 1.48. The lowest BCUT2D eigenvalue weighted by molar-refractivity contribution is -0.145. The summed E-state index contributed by atoms with van der Waals surface area (Å²) in [5.74, 6) is 0.481. The summed E-state index contributed by atoms with van der Waals surface area (Å²) in [6, 6.07) is 12.9. The number of fused-ring (bicyclic) bond motifs is 1. The van der Waals surface area contributed by atoms with Crippen molar-refractivity contribution < 1.29 is 27.4 Å². The Morgan fingerprint density at radius 2 is 1.79 bits per heavy atom. The van der Waals surface area contributed by atoms with Crippen LogP contribution in [-0.2, 0) is 19.6 Å². The first kappa shape index (κ1) is 18.6. The number of nitrogens with zero attached hydrogens (tertiary/aromatic N) is 1. The molecular weight excluding hydrogens is 384 g/mol. The summed E-state index contributed by atoms with van der Waals surface area (Å²) in [7, 11) is -3.77. The monoisotopic (exact) mass is 404 g/mol. The van der Waals surface area contributed by atoms with E-state index in [1.165, 1.54) is 18.2 Å². The Bertz CT molecular complexity index is 958. The zero-order chi connectivity index (χ0) is 19.6. The van der Waals surface area contributed by atoms with E-state index in [1.54, 1.807) is 35.2 Å². The van der Waals surface area contributed by atoms with Crippen molar-refractivity contribution in [1.82, 2.24) is 4.90 Å². The highest BCUT2D eigenvalue weighted by Crippen LogP contribution is 2.34. The van der Waals surface area contributed by atoms with E-state index < -0.39 is 16.1 Å². The van der Waals surface area contributed by atoms with Gasteiger partial charge < -0.3 is 19.1 Å². The molecule has 9 heteroatoms. The molecule has 1 fully saturated rings. The zero-order valence-corrected chi connectivity index (χ0v) is 15.9. The van der Waals surface area contributed by atoms with Crippen molar-refractivity contribution in [2.45, 2.75) is 11.0 Å². The van der Waals surface area contributed by atoms with Crippen LogP contribution in [0.25, 0.3) is 0 Å². The fourth-order valence-electron chi connectivity index (χ4n) is 3.05. The molecule has 0 saturated carbocycles. The van der Waals surface area contributed by atoms with Crippen LogP contribution in [0.3, 0.4) is 0 Å². The van der Waals surface area contributed by atoms with Crippen molar-refractivity contribution in [2.24, 2.45) is 0 Å². The highest BCUT2D eigenvalue weighted by Gasteiger charge is 2.32. The fraction of sp³-hybridized carbons (Fsp3) is 0.316. The van der Waals surface area contributed by atoms with Crippen molar-refractivity contribution in [3.63, 3.8) is 0 Å². The second kappa shape index (κ2) is 7.69. The van der Waals surface area contributed by atoms with Gasteiger partial charge in [-0.1, -0.05) is 18.2 Å². The third-order valence-corrected chi connectivity index (χ3v) is 5.89. The Morgan fingerprint density at radius 3 is 2.54 bits per heavy atom. The number of anilines is 1. The van der Waals surface area contributed by atoms with Crippen molar-refractivity contribution >= 4 is 21.6 Å². The fourth-order valence-corrected chi connectivity index (χ4v) is 4.12. The van der Waals surface area contributed by atoms with Crippen LogP contribution in [0.1, 0.15) is 0 Å². The molecule has 2 aromatic carbocycles. The van der Waals surface area contributed by atoms with Crippen LogP contribution < -0.4 is 14.2 Å². The predicted octanol–water partition coefficient (Wildman–Crippen LogP) is 1.49. The molecule has 0 bridgehead atoms. The largest absolute Gasteiger partial charge is 0.485 e. The van der Waals surface area contributed by atoms with E-state index in [9.17, 15) is 13.2 Å². The molecule has 2 aliphatic heterocycles. The molecule has 2 aromatic rings. The van der Waals surface area contributed by atoms with E-state index >= 15 is 0 Å². The normalized spacial score (nSPS) is 19.1. The number of para-hydroxylation sites is 1. The quantitative estimate of drug-likeness (QED) is 0.830. The molecule has 2 aliphatic rings. The number of rotatable bonds is 4. The van der Waals surface area contributed by atoms with Gasteiger partial charge in [-0.05, 0) is 24.3 Å². The van der Waals surface area contributed by atoms with Crippen molar-refractivity contribution in [3.8, 4) is 11.5 Å². The van der Waals surface area contributed by atoms with Crippen molar-refractivity contribution in [3.05, 3.63) is 48.5 Å². The zero-order valence-electron chi connectivity index (χ0n) is 15.0. The molecule has 2 heterocycles. The molecule has 0 spiro atoms. The number of ether oxygens (including phenoxy) is 3. The number of hydrogen-bond donors (Lipinski definition) is 1. The number of morpholine rings is 1. The molecule has 8 nitrogen and oxygen atoms in total. The average Bonchev–Trinajstić information content (AvgIpc) is 2.73. The Hall–Kier alpha value is -2.78. The second-order valence-corrected chi connectivity index (χ2v) is 8.12. The smallest absolute Gasteiger partial charge is 0.267 e. The molecule has 0 aliphatic carbocycles. The van der Waals surface area contributed by atoms with Gasteiger partial charge >= 0.3 is 0 Å². The lowest BCUT2D eigenvalue weighted by atomic mass is 10.2. The first-order chi connectivity index (χ1) is 13.5. The summed E-state index contributed by atoms with van der Waals surface area (Å²) in [5.41, 5.74) is 0.466. The summed E-state index contributed by atoms with van der Waals surface area (Å²) < 4.78 is 44.3. The van der Waals surface area contributed by atoms with Crippen molar-refractivity contribution in [1.29, 1.82) is 0 Å². The van der Waals surface area contributed by atoms with Gasteiger partial charge in [-0.2, -0.15) is 0 Å². The number of amides is 1. The maximum atomic E-state index is 12.6. The van der Waals surface area contributed by atoms with Gasteiger partial charge in [0, 0.05) is 24.8 Å². The molecule has 1 N–H and O–H groups in total. The maximum Gasteiger partial charge on any atom is 0.267 e. The Labute approximate surface area is 163 Å². The molecule has 4 rings (SSSR count). The summed E-state index contributed by atoms with van der Waals surface area (Å²) in [6.45, 7) is 2.08. The van der Waals surface area contributed by atoms with E-state index in [-0.39, 0.29) is 17.4 Å². The number of carbonyl (C=O) groups excluding carboxylic acids is 1. The lowest BCUT2D eigenvalue weighted by Crippen LogP contribution is -2.50. The third kappa shape index (κ3) is 3.90. The first-order valence-electron chi connectivity index (χ1n) is 8.91. The highest BCUT2D eigenvalue weighted by molar-refractivity contribution is 7.92. The predicted molar refractivity (Wildman–Crippen MR) is 101 cm³/mol. The van der Waals surface area contributed by atoms with Crippen LogP contribution in [0.5, 0.6) is 11.5 Å². The Morgan fingerprint density at radius 1 is 1.04 bits per heavy atom. The average molecular weight is 404 g/mol. The molecule has 1 saturated heterocycles. The lowest BCUT2D eigenvalue weighted by Gasteiger charge is -2.32. The van der Waals surface area contributed by atoms with E-state index in [4.69, 9.17) is 14.2 Å². The van der Waals surface area contributed by atoms with Crippen LogP contribution in [0.2, 0.25) is 0 Å². The van der Waals surface area contributed by atoms with Crippen LogP contribution in [0.4, 0.5) is 5.69 Å². The third-order valence-electron chi connectivity index (χ3n) is 4.51. The summed E-state index contributed by atoms with van der Waals surface area (Å²) in [6.07, 6.45) is -0.754.